The van der Waals surface area contributed by atoms with E-state index in [9.17, 15) is 4.39 Å². The molecule has 0 aliphatic rings. The Labute approximate surface area is 138 Å². The van der Waals surface area contributed by atoms with Crippen LogP contribution < -0.4 is 5.32 Å². The van der Waals surface area contributed by atoms with Crippen LogP contribution in [0.25, 0.3) is 11.4 Å². The molecule has 0 radical (unpaired) electrons. The van der Waals surface area contributed by atoms with Crippen LogP contribution in [0.1, 0.15) is 24.4 Å². The number of rotatable bonds is 4. The van der Waals surface area contributed by atoms with Crippen molar-refractivity contribution in [2.45, 2.75) is 19.9 Å². The Balaban J connectivity index is 1.77. The van der Waals surface area contributed by atoms with Gasteiger partial charge in [0.15, 0.2) is 0 Å². The second-order valence-electron chi connectivity index (χ2n) is 5.29. The van der Waals surface area contributed by atoms with E-state index in [2.05, 4.69) is 15.5 Å². The molecule has 118 valence electrons. The Morgan fingerprint density at radius 1 is 1.17 bits per heavy atom. The molecule has 1 unspecified atom stereocenters. The van der Waals surface area contributed by atoms with Crippen LogP contribution >= 0.6 is 11.6 Å². The summed E-state index contributed by atoms with van der Waals surface area (Å²) in [6.07, 6.45) is 0. The molecule has 1 aromatic heterocycles. The minimum absolute atomic E-state index is 0.187. The molecular formula is C17H15ClFN3O. The van der Waals surface area contributed by atoms with Crippen LogP contribution in [0.4, 0.5) is 10.1 Å². The second kappa shape index (κ2) is 6.38. The number of anilines is 1. The number of hydrogen-bond donors (Lipinski definition) is 1. The van der Waals surface area contributed by atoms with Gasteiger partial charge in [0.05, 0.1) is 0 Å². The van der Waals surface area contributed by atoms with Crippen LogP contribution in [-0.4, -0.2) is 10.1 Å². The average Bonchev–Trinajstić information content (AvgIpc) is 3.02. The molecule has 1 atom stereocenters. The largest absolute Gasteiger partial charge is 0.374 e. The molecule has 0 amide bonds. The molecule has 0 aliphatic heterocycles. The highest BCUT2D eigenvalue weighted by Crippen LogP contribution is 2.23. The van der Waals surface area contributed by atoms with E-state index in [-0.39, 0.29) is 11.9 Å². The normalized spacial score (nSPS) is 12.2. The van der Waals surface area contributed by atoms with Gasteiger partial charge < -0.3 is 9.84 Å². The van der Waals surface area contributed by atoms with Crippen molar-refractivity contribution in [3.8, 4) is 11.4 Å². The van der Waals surface area contributed by atoms with Gasteiger partial charge in [-0.2, -0.15) is 4.98 Å². The summed E-state index contributed by atoms with van der Waals surface area (Å²) >= 11 is 5.86. The highest BCUT2D eigenvalue weighted by molar-refractivity contribution is 6.30. The first-order valence-corrected chi connectivity index (χ1v) is 7.53. The van der Waals surface area contributed by atoms with Gasteiger partial charge in [-0.25, -0.2) is 4.39 Å². The third-order valence-electron chi connectivity index (χ3n) is 3.47. The summed E-state index contributed by atoms with van der Waals surface area (Å²) in [6.45, 7) is 3.61. The molecule has 3 aromatic rings. The first kappa shape index (κ1) is 15.5. The number of nitrogens with one attached hydrogen (secondary N) is 1. The number of nitrogens with zero attached hydrogens (tertiary/aromatic N) is 2. The lowest BCUT2D eigenvalue weighted by molar-refractivity contribution is 0.368. The van der Waals surface area contributed by atoms with Gasteiger partial charge >= 0.3 is 0 Å². The summed E-state index contributed by atoms with van der Waals surface area (Å²) in [6, 6.07) is 12.0. The van der Waals surface area contributed by atoms with Crippen molar-refractivity contribution in [3.63, 3.8) is 0 Å². The summed E-state index contributed by atoms with van der Waals surface area (Å²) in [7, 11) is 0. The fourth-order valence-electron chi connectivity index (χ4n) is 2.12. The van der Waals surface area contributed by atoms with Crippen molar-refractivity contribution in [3.05, 3.63) is 64.8 Å². The van der Waals surface area contributed by atoms with Gasteiger partial charge in [0.2, 0.25) is 11.7 Å². The summed E-state index contributed by atoms with van der Waals surface area (Å²) in [5.74, 6) is 0.501. The quantitative estimate of drug-likeness (QED) is 0.730. The maximum absolute atomic E-state index is 13.6. The predicted molar refractivity (Wildman–Crippen MR) is 87.9 cm³/mol. The van der Waals surface area contributed by atoms with Crippen LogP contribution in [0.2, 0.25) is 5.02 Å². The van der Waals surface area contributed by atoms with Crippen molar-refractivity contribution in [1.29, 1.82) is 0 Å². The van der Waals surface area contributed by atoms with Crippen molar-refractivity contribution in [2.75, 3.05) is 5.32 Å². The van der Waals surface area contributed by atoms with Crippen LogP contribution in [0.5, 0.6) is 0 Å². The maximum Gasteiger partial charge on any atom is 0.249 e. The van der Waals surface area contributed by atoms with E-state index >= 15 is 0 Å². The van der Waals surface area contributed by atoms with Gasteiger partial charge in [-0.05, 0) is 49.7 Å². The summed E-state index contributed by atoms with van der Waals surface area (Å²) in [4.78, 5) is 4.33. The van der Waals surface area contributed by atoms with Crippen LogP contribution in [0.3, 0.4) is 0 Å². The predicted octanol–water partition coefficient (Wildman–Crippen LogP) is 5.01. The molecular weight excluding hydrogens is 317 g/mol. The van der Waals surface area contributed by atoms with E-state index in [1.54, 1.807) is 31.2 Å². The number of halogens is 2. The van der Waals surface area contributed by atoms with Crippen molar-refractivity contribution < 1.29 is 8.91 Å². The van der Waals surface area contributed by atoms with Gasteiger partial charge in [0.1, 0.15) is 11.9 Å². The highest BCUT2D eigenvalue weighted by Gasteiger charge is 2.15. The van der Waals surface area contributed by atoms with E-state index < -0.39 is 0 Å². The fraction of sp³-hybridized carbons (Fsp3) is 0.176. The van der Waals surface area contributed by atoms with Gasteiger partial charge in [0.25, 0.3) is 0 Å². The Morgan fingerprint density at radius 2 is 1.91 bits per heavy atom. The Hall–Kier alpha value is -2.40. The van der Waals surface area contributed by atoms with E-state index in [4.69, 9.17) is 16.1 Å². The summed E-state index contributed by atoms with van der Waals surface area (Å²) < 4.78 is 18.9. The fourth-order valence-corrected chi connectivity index (χ4v) is 2.24. The highest BCUT2D eigenvalue weighted by atomic mass is 35.5. The minimum Gasteiger partial charge on any atom is -0.374 e. The number of aromatic nitrogens is 2. The van der Waals surface area contributed by atoms with Gasteiger partial charge in [-0.3, -0.25) is 0 Å². The molecule has 1 heterocycles. The zero-order valence-electron chi connectivity index (χ0n) is 12.7. The zero-order chi connectivity index (χ0) is 16.4. The van der Waals surface area contributed by atoms with E-state index in [0.29, 0.717) is 27.9 Å². The molecule has 0 saturated carbocycles. The van der Waals surface area contributed by atoms with E-state index in [1.807, 2.05) is 19.1 Å². The average molecular weight is 332 g/mol. The molecule has 3 rings (SSSR count). The van der Waals surface area contributed by atoms with E-state index in [0.717, 1.165) is 5.69 Å². The molecule has 6 heteroatoms. The molecule has 0 saturated heterocycles. The zero-order valence-corrected chi connectivity index (χ0v) is 13.4. The Bertz CT molecular complexity index is 817. The van der Waals surface area contributed by atoms with E-state index in [1.165, 1.54) is 6.07 Å². The maximum atomic E-state index is 13.6. The Kier molecular flexibility index (Phi) is 4.30. The topological polar surface area (TPSA) is 51.0 Å². The lowest BCUT2D eigenvalue weighted by Crippen LogP contribution is -2.06. The number of benzene rings is 2. The molecule has 0 bridgehead atoms. The van der Waals surface area contributed by atoms with Gasteiger partial charge in [-0.15, -0.1) is 0 Å². The molecule has 0 spiro atoms. The lowest BCUT2D eigenvalue weighted by atomic mass is 10.1. The van der Waals surface area contributed by atoms with Gasteiger partial charge in [-0.1, -0.05) is 28.9 Å². The molecule has 0 fully saturated rings. The van der Waals surface area contributed by atoms with Crippen molar-refractivity contribution in [1.82, 2.24) is 10.1 Å². The minimum atomic E-state index is -0.291. The lowest BCUT2D eigenvalue weighted by Gasteiger charge is -2.10. The molecule has 1 N–H and O–H groups in total. The summed E-state index contributed by atoms with van der Waals surface area (Å²) in [5.41, 5.74) is 2.06. The van der Waals surface area contributed by atoms with Gasteiger partial charge in [0, 0.05) is 16.3 Å². The summed E-state index contributed by atoms with van der Waals surface area (Å²) in [5, 5.41) is 7.83. The first-order chi connectivity index (χ1) is 11.0. The van der Waals surface area contributed by atoms with Crippen molar-refractivity contribution in [2.24, 2.45) is 0 Å². The second-order valence-corrected chi connectivity index (χ2v) is 5.73. The van der Waals surface area contributed by atoms with Crippen LogP contribution in [0.15, 0.2) is 47.0 Å². The molecule has 0 aliphatic carbocycles. The smallest absolute Gasteiger partial charge is 0.249 e. The molecule has 4 nitrogen and oxygen atoms in total. The number of aryl methyl sites for hydroxylation is 1. The SMILES string of the molecule is Cc1ccc(-c2noc(C(C)Nc3ccc(Cl)cc3)n2)cc1F. The van der Waals surface area contributed by atoms with Crippen LogP contribution in [-0.2, 0) is 0 Å². The van der Waals surface area contributed by atoms with Crippen LogP contribution in [0, 0.1) is 12.7 Å². The van der Waals surface area contributed by atoms with Crippen molar-refractivity contribution >= 4 is 17.3 Å². The number of hydrogen-bond acceptors (Lipinski definition) is 4. The standard InChI is InChI=1S/C17H15ClFN3O/c1-10-3-4-12(9-15(10)19)16-21-17(23-22-16)11(2)20-14-7-5-13(18)6-8-14/h3-9,11,20H,1-2H3. The monoisotopic (exact) mass is 331 g/mol. The first-order valence-electron chi connectivity index (χ1n) is 7.15. The third-order valence-corrected chi connectivity index (χ3v) is 3.72. The Morgan fingerprint density at radius 3 is 2.61 bits per heavy atom. The molecule has 2 aromatic carbocycles. The third kappa shape index (κ3) is 3.51. The molecule has 23 heavy (non-hydrogen) atoms.